The van der Waals surface area contributed by atoms with Crippen molar-refractivity contribution in [2.24, 2.45) is 0 Å². The van der Waals surface area contributed by atoms with E-state index in [9.17, 15) is 9.59 Å². The second-order valence-electron chi connectivity index (χ2n) is 6.80. The van der Waals surface area contributed by atoms with Gasteiger partial charge in [-0.05, 0) is 67.3 Å². The Morgan fingerprint density at radius 3 is 2.68 bits per heavy atom. The molecule has 1 N–H and O–H groups in total. The highest BCUT2D eigenvalue weighted by Gasteiger charge is 2.20. The summed E-state index contributed by atoms with van der Waals surface area (Å²) in [7, 11) is 0. The van der Waals surface area contributed by atoms with E-state index >= 15 is 0 Å². The molecule has 0 bridgehead atoms. The SMILES string of the molecule is CCOc1ccc2c(c1)CN(C(=O)CCCNC(=O)c1ccc(Cl)cc1)CC2. The first-order valence-corrected chi connectivity index (χ1v) is 10.0. The third-order valence-electron chi connectivity index (χ3n) is 4.81. The average molecular weight is 401 g/mol. The summed E-state index contributed by atoms with van der Waals surface area (Å²) in [6, 6.07) is 12.9. The second kappa shape index (κ2) is 9.60. The third kappa shape index (κ3) is 5.26. The molecule has 0 aliphatic carbocycles. The van der Waals surface area contributed by atoms with Crippen molar-refractivity contribution in [3.8, 4) is 5.75 Å². The molecule has 148 valence electrons. The molecule has 0 atom stereocenters. The number of rotatable bonds is 7. The average Bonchev–Trinajstić information content (AvgIpc) is 2.71. The maximum absolute atomic E-state index is 12.5. The molecule has 0 saturated carbocycles. The molecule has 5 nitrogen and oxygen atoms in total. The van der Waals surface area contributed by atoms with Gasteiger partial charge in [0.15, 0.2) is 0 Å². The highest BCUT2D eigenvalue weighted by molar-refractivity contribution is 6.30. The van der Waals surface area contributed by atoms with Crippen molar-refractivity contribution >= 4 is 23.4 Å². The van der Waals surface area contributed by atoms with E-state index in [-0.39, 0.29) is 11.8 Å². The van der Waals surface area contributed by atoms with E-state index in [0.717, 1.165) is 24.3 Å². The van der Waals surface area contributed by atoms with Crippen molar-refractivity contribution in [2.45, 2.75) is 32.7 Å². The molecule has 0 radical (unpaired) electrons. The Hall–Kier alpha value is -2.53. The first-order valence-electron chi connectivity index (χ1n) is 9.63. The maximum atomic E-state index is 12.5. The molecule has 0 spiro atoms. The van der Waals surface area contributed by atoms with Gasteiger partial charge in [0.25, 0.3) is 5.91 Å². The molecular weight excluding hydrogens is 376 g/mol. The van der Waals surface area contributed by atoms with E-state index in [1.165, 1.54) is 5.56 Å². The lowest BCUT2D eigenvalue weighted by Gasteiger charge is -2.29. The molecular formula is C22H25ClN2O3. The number of hydrogen-bond donors (Lipinski definition) is 1. The minimum atomic E-state index is -0.153. The van der Waals surface area contributed by atoms with Gasteiger partial charge in [-0.2, -0.15) is 0 Å². The smallest absolute Gasteiger partial charge is 0.251 e. The maximum Gasteiger partial charge on any atom is 0.251 e. The van der Waals surface area contributed by atoms with E-state index in [4.69, 9.17) is 16.3 Å². The predicted octanol–water partition coefficient (Wildman–Crippen LogP) is 3.83. The summed E-state index contributed by atoms with van der Waals surface area (Å²) in [5.41, 5.74) is 3.00. The summed E-state index contributed by atoms with van der Waals surface area (Å²) in [6.45, 7) is 4.40. The van der Waals surface area contributed by atoms with Crippen LogP contribution < -0.4 is 10.1 Å². The lowest BCUT2D eigenvalue weighted by atomic mass is 9.99. The monoisotopic (exact) mass is 400 g/mol. The van der Waals surface area contributed by atoms with E-state index in [2.05, 4.69) is 11.4 Å². The van der Waals surface area contributed by atoms with Gasteiger partial charge in [-0.25, -0.2) is 0 Å². The first kappa shape index (κ1) is 20.2. The van der Waals surface area contributed by atoms with Crippen molar-refractivity contribution in [3.05, 3.63) is 64.2 Å². The van der Waals surface area contributed by atoms with E-state index in [1.807, 2.05) is 24.0 Å². The summed E-state index contributed by atoms with van der Waals surface area (Å²) < 4.78 is 5.56. The Balaban J connectivity index is 1.44. The fraction of sp³-hybridized carbons (Fsp3) is 0.364. The van der Waals surface area contributed by atoms with E-state index in [1.54, 1.807) is 24.3 Å². The Bertz CT molecular complexity index is 836. The van der Waals surface area contributed by atoms with Crippen LogP contribution in [0.25, 0.3) is 0 Å². The summed E-state index contributed by atoms with van der Waals surface area (Å²) in [5, 5.41) is 3.44. The lowest BCUT2D eigenvalue weighted by Crippen LogP contribution is -2.36. The van der Waals surface area contributed by atoms with Crippen LogP contribution in [0.5, 0.6) is 5.75 Å². The number of benzene rings is 2. The minimum absolute atomic E-state index is 0.119. The van der Waals surface area contributed by atoms with Crippen LogP contribution in [0.1, 0.15) is 41.3 Å². The quantitative estimate of drug-likeness (QED) is 0.718. The summed E-state index contributed by atoms with van der Waals surface area (Å²) >= 11 is 5.83. The number of halogens is 1. The van der Waals surface area contributed by atoms with Crippen LogP contribution in [-0.4, -0.2) is 36.4 Å². The Morgan fingerprint density at radius 2 is 1.93 bits per heavy atom. The molecule has 0 unspecified atom stereocenters. The topological polar surface area (TPSA) is 58.6 Å². The van der Waals surface area contributed by atoms with Gasteiger partial charge in [-0.1, -0.05) is 17.7 Å². The zero-order chi connectivity index (χ0) is 19.9. The van der Waals surface area contributed by atoms with Crippen LogP contribution >= 0.6 is 11.6 Å². The van der Waals surface area contributed by atoms with Gasteiger partial charge in [0.1, 0.15) is 5.75 Å². The van der Waals surface area contributed by atoms with Gasteiger partial charge in [-0.15, -0.1) is 0 Å². The molecule has 1 aliphatic rings. The molecule has 1 aliphatic heterocycles. The number of hydrogen-bond acceptors (Lipinski definition) is 3. The van der Waals surface area contributed by atoms with Crippen LogP contribution in [0.4, 0.5) is 0 Å². The standard InChI is InChI=1S/C22H25ClN2O3/c1-2-28-20-10-7-16-11-13-25(15-18(16)14-20)21(26)4-3-12-24-22(27)17-5-8-19(23)9-6-17/h5-10,14H,2-4,11-13,15H2,1H3,(H,24,27). The van der Waals surface area contributed by atoms with Crippen LogP contribution in [0.2, 0.25) is 5.02 Å². The van der Waals surface area contributed by atoms with E-state index < -0.39 is 0 Å². The fourth-order valence-corrected chi connectivity index (χ4v) is 3.43. The molecule has 0 fully saturated rings. The predicted molar refractivity (Wildman–Crippen MR) is 110 cm³/mol. The zero-order valence-electron chi connectivity index (χ0n) is 16.0. The summed E-state index contributed by atoms with van der Waals surface area (Å²) in [5.74, 6) is 0.813. The fourth-order valence-electron chi connectivity index (χ4n) is 3.31. The lowest BCUT2D eigenvalue weighted by molar-refractivity contribution is -0.132. The minimum Gasteiger partial charge on any atom is -0.494 e. The zero-order valence-corrected chi connectivity index (χ0v) is 16.8. The number of fused-ring (bicyclic) bond motifs is 1. The number of nitrogens with zero attached hydrogens (tertiary/aromatic N) is 1. The van der Waals surface area contributed by atoms with Crippen molar-refractivity contribution in [1.82, 2.24) is 10.2 Å². The Labute approximate surface area is 170 Å². The molecule has 2 amide bonds. The third-order valence-corrected chi connectivity index (χ3v) is 5.07. The van der Waals surface area contributed by atoms with Gasteiger partial charge < -0.3 is 15.0 Å². The molecule has 2 aromatic carbocycles. The van der Waals surface area contributed by atoms with Crippen LogP contribution in [-0.2, 0) is 17.8 Å². The molecule has 6 heteroatoms. The normalized spacial score (nSPS) is 13.0. The van der Waals surface area contributed by atoms with Crippen LogP contribution in [0.15, 0.2) is 42.5 Å². The van der Waals surface area contributed by atoms with Crippen LogP contribution in [0.3, 0.4) is 0 Å². The second-order valence-corrected chi connectivity index (χ2v) is 7.23. The molecule has 3 rings (SSSR count). The number of carbonyl (C=O) groups is 2. The number of nitrogens with one attached hydrogen (secondary N) is 1. The van der Waals surface area contributed by atoms with Crippen LogP contribution in [0, 0.1) is 0 Å². The van der Waals surface area contributed by atoms with E-state index in [0.29, 0.717) is 43.1 Å². The molecule has 28 heavy (non-hydrogen) atoms. The summed E-state index contributed by atoms with van der Waals surface area (Å²) in [6.07, 6.45) is 1.89. The van der Waals surface area contributed by atoms with Crippen molar-refractivity contribution < 1.29 is 14.3 Å². The van der Waals surface area contributed by atoms with Crippen molar-refractivity contribution in [1.29, 1.82) is 0 Å². The Morgan fingerprint density at radius 1 is 1.14 bits per heavy atom. The Kier molecular flexibility index (Phi) is 6.93. The summed E-state index contributed by atoms with van der Waals surface area (Å²) in [4.78, 5) is 26.5. The largest absolute Gasteiger partial charge is 0.494 e. The molecule has 1 heterocycles. The van der Waals surface area contributed by atoms with Crippen molar-refractivity contribution in [2.75, 3.05) is 19.7 Å². The van der Waals surface area contributed by atoms with Gasteiger partial charge in [-0.3, -0.25) is 9.59 Å². The van der Waals surface area contributed by atoms with Gasteiger partial charge >= 0.3 is 0 Å². The number of carbonyl (C=O) groups excluding carboxylic acids is 2. The molecule has 0 aromatic heterocycles. The van der Waals surface area contributed by atoms with Gasteiger partial charge in [0.2, 0.25) is 5.91 Å². The highest BCUT2D eigenvalue weighted by Crippen LogP contribution is 2.24. The highest BCUT2D eigenvalue weighted by atomic mass is 35.5. The molecule has 2 aromatic rings. The van der Waals surface area contributed by atoms with Gasteiger partial charge in [0, 0.05) is 36.6 Å². The van der Waals surface area contributed by atoms with Gasteiger partial charge in [0.05, 0.1) is 6.61 Å². The number of ether oxygens (including phenoxy) is 1. The first-order chi connectivity index (χ1) is 13.6. The number of amides is 2. The van der Waals surface area contributed by atoms with Crippen molar-refractivity contribution in [3.63, 3.8) is 0 Å². The molecule has 0 saturated heterocycles.